The Balaban J connectivity index is 1.93. The molecule has 9 heteroatoms. The highest BCUT2D eigenvalue weighted by atomic mass is 16.5. The molecule has 0 unspecified atom stereocenters. The van der Waals surface area contributed by atoms with Gasteiger partial charge in [0.05, 0.1) is 18.8 Å². The van der Waals surface area contributed by atoms with Crippen LogP contribution in [0.2, 0.25) is 0 Å². The molecule has 1 heterocycles. The van der Waals surface area contributed by atoms with Crippen molar-refractivity contribution in [2.45, 2.75) is 86.7 Å². The second kappa shape index (κ2) is 9.72. The largest absolute Gasteiger partial charge is 0.390 e. The highest BCUT2D eigenvalue weighted by molar-refractivity contribution is 5.10. The predicted octanol–water partition coefficient (Wildman–Crippen LogP) is -2.88. The Hall–Kier alpha value is -0.360. The fourth-order valence-corrected chi connectivity index (χ4v) is 4.02. The number of aliphatic hydroxyl groups is 4. The Kier molecular flexibility index (Phi) is 8.20. The zero-order valence-electron chi connectivity index (χ0n) is 15.3. The van der Waals surface area contributed by atoms with Crippen molar-refractivity contribution in [1.82, 2.24) is 5.32 Å². The van der Waals surface area contributed by atoms with Gasteiger partial charge in [0.1, 0.15) is 17.8 Å². The summed E-state index contributed by atoms with van der Waals surface area (Å²) in [6.07, 6.45) is -0.574. The first-order chi connectivity index (χ1) is 12.3. The fourth-order valence-electron chi connectivity index (χ4n) is 4.02. The lowest BCUT2D eigenvalue weighted by atomic mass is 9.71. The monoisotopic (exact) mass is 376 g/mol. The van der Waals surface area contributed by atoms with E-state index in [1.165, 1.54) is 0 Å². The molecule has 0 aromatic heterocycles. The van der Waals surface area contributed by atoms with Gasteiger partial charge in [-0.2, -0.15) is 0 Å². The zero-order chi connectivity index (χ0) is 19.3. The molecule has 11 N–H and O–H groups in total. The smallest absolute Gasteiger partial charge is 0.112 e. The molecule has 0 aromatic carbocycles. The van der Waals surface area contributed by atoms with E-state index >= 15 is 0 Å². The van der Waals surface area contributed by atoms with Crippen LogP contribution in [0.25, 0.3) is 0 Å². The lowest BCUT2D eigenvalue weighted by Gasteiger charge is -2.50. The first-order valence-corrected chi connectivity index (χ1v) is 9.62. The number of hydrogen-bond acceptors (Lipinski definition) is 9. The maximum Gasteiger partial charge on any atom is 0.112 e. The van der Waals surface area contributed by atoms with Gasteiger partial charge in [-0.25, -0.2) is 0 Å². The van der Waals surface area contributed by atoms with E-state index in [4.69, 9.17) is 21.9 Å². The molecule has 0 amide bonds. The summed E-state index contributed by atoms with van der Waals surface area (Å²) in [6.45, 7) is 1.04. The van der Waals surface area contributed by atoms with Gasteiger partial charge in [-0.05, 0) is 38.6 Å². The van der Waals surface area contributed by atoms with Crippen LogP contribution in [0.1, 0.15) is 38.5 Å². The van der Waals surface area contributed by atoms with Crippen molar-refractivity contribution in [2.24, 2.45) is 17.2 Å². The van der Waals surface area contributed by atoms with Gasteiger partial charge < -0.3 is 47.7 Å². The van der Waals surface area contributed by atoms with E-state index in [0.29, 0.717) is 19.5 Å². The minimum Gasteiger partial charge on any atom is -0.390 e. The third-order valence-electron chi connectivity index (χ3n) is 5.84. The standard InChI is InChI=1S/C17H36N4O5/c18-6-2-1-3-10(19)8-21-11-7-14(20)17(16(25)15(11)24)5-4-12(22)13(23)9-26-17/h10-16,21-25H,1-9,18-20H2/t10-,11+,12+,13-,14-,15-,16+,17-/m0/s1. The van der Waals surface area contributed by atoms with Crippen LogP contribution < -0.4 is 22.5 Å². The normalized spacial score (nSPS) is 42.6. The topological polar surface area (TPSA) is 180 Å². The first-order valence-electron chi connectivity index (χ1n) is 9.62. The highest BCUT2D eigenvalue weighted by Crippen LogP contribution is 2.38. The second-order valence-electron chi connectivity index (χ2n) is 7.78. The van der Waals surface area contributed by atoms with Gasteiger partial charge in [-0.1, -0.05) is 6.42 Å². The lowest BCUT2D eigenvalue weighted by molar-refractivity contribution is -0.202. The number of ether oxygens (including phenoxy) is 1. The zero-order valence-corrected chi connectivity index (χ0v) is 15.3. The van der Waals surface area contributed by atoms with E-state index in [1.54, 1.807) is 0 Å². The van der Waals surface area contributed by atoms with Crippen LogP contribution in [0.3, 0.4) is 0 Å². The van der Waals surface area contributed by atoms with Crippen molar-refractivity contribution in [3.63, 3.8) is 0 Å². The molecule has 1 spiro atoms. The number of rotatable bonds is 7. The van der Waals surface area contributed by atoms with E-state index in [0.717, 1.165) is 19.3 Å². The molecule has 0 radical (unpaired) electrons. The second-order valence-corrected chi connectivity index (χ2v) is 7.78. The van der Waals surface area contributed by atoms with Crippen molar-refractivity contribution >= 4 is 0 Å². The van der Waals surface area contributed by atoms with Gasteiger partial charge >= 0.3 is 0 Å². The molecule has 1 saturated carbocycles. The Morgan fingerprint density at radius 1 is 1.15 bits per heavy atom. The molecule has 2 rings (SSSR count). The number of aliphatic hydroxyl groups excluding tert-OH is 4. The average molecular weight is 376 g/mol. The summed E-state index contributed by atoms with van der Waals surface area (Å²) in [5.41, 5.74) is 16.7. The number of hydrogen-bond donors (Lipinski definition) is 8. The molecule has 1 aliphatic carbocycles. The molecule has 9 nitrogen and oxygen atoms in total. The lowest BCUT2D eigenvalue weighted by Crippen LogP contribution is -2.70. The molecule has 0 bridgehead atoms. The van der Waals surface area contributed by atoms with Gasteiger partial charge in [0.15, 0.2) is 0 Å². The van der Waals surface area contributed by atoms with Gasteiger partial charge in [0, 0.05) is 24.7 Å². The Morgan fingerprint density at radius 2 is 1.88 bits per heavy atom. The van der Waals surface area contributed by atoms with Crippen LogP contribution in [0.5, 0.6) is 0 Å². The van der Waals surface area contributed by atoms with Crippen molar-refractivity contribution < 1.29 is 25.2 Å². The number of nitrogens with two attached hydrogens (primary N) is 3. The van der Waals surface area contributed by atoms with E-state index in [-0.39, 0.29) is 25.5 Å². The first kappa shape index (κ1) is 21.9. The summed E-state index contributed by atoms with van der Waals surface area (Å²) >= 11 is 0. The third-order valence-corrected chi connectivity index (χ3v) is 5.84. The van der Waals surface area contributed by atoms with Crippen LogP contribution in [0.15, 0.2) is 0 Å². The molecule has 154 valence electrons. The van der Waals surface area contributed by atoms with Crippen molar-refractivity contribution in [3.05, 3.63) is 0 Å². The van der Waals surface area contributed by atoms with E-state index in [1.807, 2.05) is 0 Å². The van der Waals surface area contributed by atoms with Gasteiger partial charge in [0.2, 0.25) is 0 Å². The molecule has 2 fully saturated rings. The maximum absolute atomic E-state index is 10.7. The van der Waals surface area contributed by atoms with Gasteiger partial charge in [-0.3, -0.25) is 0 Å². The molecule has 0 aromatic rings. The van der Waals surface area contributed by atoms with Crippen molar-refractivity contribution in [1.29, 1.82) is 0 Å². The van der Waals surface area contributed by atoms with Crippen LogP contribution in [-0.2, 0) is 4.74 Å². The average Bonchev–Trinajstić information content (AvgIpc) is 2.77. The molecule has 1 aliphatic heterocycles. The van der Waals surface area contributed by atoms with Crippen molar-refractivity contribution in [2.75, 3.05) is 19.7 Å². The summed E-state index contributed by atoms with van der Waals surface area (Å²) in [6, 6.07) is -0.991. The summed E-state index contributed by atoms with van der Waals surface area (Å²) in [5.74, 6) is 0. The summed E-state index contributed by atoms with van der Waals surface area (Å²) < 4.78 is 5.74. The molecular weight excluding hydrogens is 340 g/mol. The van der Waals surface area contributed by atoms with Crippen LogP contribution in [0, 0.1) is 0 Å². The Labute approximate surface area is 154 Å². The minimum atomic E-state index is -1.21. The summed E-state index contributed by atoms with van der Waals surface area (Å²) in [5, 5.41) is 44.2. The van der Waals surface area contributed by atoms with Crippen LogP contribution in [0.4, 0.5) is 0 Å². The summed E-state index contributed by atoms with van der Waals surface area (Å²) in [7, 11) is 0. The van der Waals surface area contributed by atoms with Crippen LogP contribution in [-0.4, -0.2) is 88.3 Å². The quantitative estimate of drug-likeness (QED) is 0.217. The molecule has 26 heavy (non-hydrogen) atoms. The fraction of sp³-hybridized carbons (Fsp3) is 1.00. The SMILES string of the molecule is NCCCC[C@H](N)CN[C@@H]1C[C@H](N)[C@@]2(CC[C@@H](O)[C@@H](O)CO2)[C@H](O)[C@H]1O. The molecule has 8 atom stereocenters. The predicted molar refractivity (Wildman–Crippen MR) is 97.2 cm³/mol. The number of nitrogens with one attached hydrogen (secondary N) is 1. The maximum atomic E-state index is 10.7. The molecule has 1 saturated heterocycles. The van der Waals surface area contributed by atoms with Gasteiger partial charge in [0.25, 0.3) is 0 Å². The minimum absolute atomic E-state index is 0.0579. The highest BCUT2D eigenvalue weighted by Gasteiger charge is 2.55. The van der Waals surface area contributed by atoms with Gasteiger partial charge in [-0.15, -0.1) is 0 Å². The Bertz CT molecular complexity index is 418. The van der Waals surface area contributed by atoms with E-state index < -0.39 is 42.1 Å². The van der Waals surface area contributed by atoms with E-state index in [9.17, 15) is 20.4 Å². The third kappa shape index (κ3) is 4.92. The van der Waals surface area contributed by atoms with E-state index in [2.05, 4.69) is 5.32 Å². The van der Waals surface area contributed by atoms with Crippen molar-refractivity contribution in [3.8, 4) is 0 Å². The molecule has 2 aliphatic rings. The van der Waals surface area contributed by atoms with Crippen LogP contribution >= 0.6 is 0 Å². The molecular formula is C17H36N4O5. The summed E-state index contributed by atoms with van der Waals surface area (Å²) in [4.78, 5) is 0. The number of unbranched alkanes of at least 4 members (excludes halogenated alkanes) is 1. The Morgan fingerprint density at radius 3 is 2.58 bits per heavy atom.